The molecule has 4 aromatic carbocycles. The molecule has 136 valence electrons. The molecule has 1 aliphatic heterocycles. The van der Waals surface area contributed by atoms with Gasteiger partial charge in [0.1, 0.15) is 0 Å². The fraction of sp³-hybridized carbons (Fsp3) is 0. The summed E-state index contributed by atoms with van der Waals surface area (Å²) in [6.45, 7) is 0. The number of carbonyl (C=O) groups is 1. The van der Waals surface area contributed by atoms with Crippen molar-refractivity contribution in [1.29, 1.82) is 0 Å². The Morgan fingerprint density at radius 1 is 0.429 bits per heavy atom. The van der Waals surface area contributed by atoms with Crippen molar-refractivity contribution in [3.63, 3.8) is 0 Å². The van der Waals surface area contributed by atoms with E-state index in [0.29, 0.717) is 0 Å². The van der Waals surface area contributed by atoms with Crippen LogP contribution < -0.4 is 0 Å². The van der Waals surface area contributed by atoms with Crippen LogP contribution >= 0.6 is 23.5 Å². The summed E-state index contributed by atoms with van der Waals surface area (Å²) in [7, 11) is 0. The predicted molar refractivity (Wildman–Crippen MR) is 117 cm³/mol. The highest BCUT2D eigenvalue weighted by molar-refractivity contribution is 8.05. The van der Waals surface area contributed by atoms with E-state index in [2.05, 4.69) is 48.5 Å². The molecule has 0 fully saturated rings. The highest BCUT2D eigenvalue weighted by atomic mass is 32.2. The molecule has 0 N–H and O–H groups in total. The molecule has 0 aromatic heterocycles. The van der Waals surface area contributed by atoms with Gasteiger partial charge >= 0.3 is 0 Å². The molecule has 0 saturated carbocycles. The Hall–Kier alpha value is -2.75. The first kappa shape index (κ1) is 18.6. The number of hydrogen-bond acceptors (Lipinski definition) is 3. The Kier molecular flexibility index (Phi) is 5.95. The zero-order valence-corrected chi connectivity index (χ0v) is 16.8. The van der Waals surface area contributed by atoms with Crippen molar-refractivity contribution in [1.82, 2.24) is 0 Å². The van der Waals surface area contributed by atoms with Crippen LogP contribution in [0.2, 0.25) is 0 Å². The zero-order chi connectivity index (χ0) is 19.2. The molecule has 0 atom stereocenters. The lowest BCUT2D eigenvalue weighted by Gasteiger charge is -2.17. The van der Waals surface area contributed by atoms with Gasteiger partial charge in [0.15, 0.2) is 5.78 Å². The topological polar surface area (TPSA) is 17.1 Å². The van der Waals surface area contributed by atoms with E-state index in [9.17, 15) is 4.79 Å². The van der Waals surface area contributed by atoms with Gasteiger partial charge in [0.05, 0.1) is 0 Å². The lowest BCUT2D eigenvalue weighted by molar-refractivity contribution is 0.103. The van der Waals surface area contributed by atoms with E-state index in [4.69, 9.17) is 0 Å². The maximum Gasteiger partial charge on any atom is 0.193 e. The monoisotopic (exact) mass is 398 g/mol. The van der Waals surface area contributed by atoms with Gasteiger partial charge in [0, 0.05) is 30.7 Å². The maximum absolute atomic E-state index is 11.8. The van der Waals surface area contributed by atoms with E-state index >= 15 is 0 Å². The zero-order valence-electron chi connectivity index (χ0n) is 15.1. The Labute approximate surface area is 173 Å². The molecule has 3 heteroatoms. The quantitative estimate of drug-likeness (QED) is 0.292. The predicted octanol–water partition coefficient (Wildman–Crippen LogP) is 7.22. The third-order valence-corrected chi connectivity index (χ3v) is 6.77. The van der Waals surface area contributed by atoms with Crippen molar-refractivity contribution in [2.24, 2.45) is 0 Å². The van der Waals surface area contributed by atoms with E-state index < -0.39 is 0 Å². The molecular weight excluding hydrogens is 380 g/mol. The SMILES string of the molecule is O=C(c1ccccc1)c1ccccc1.c1ccc2c(c1)Sc1ccccc1S2. The first-order chi connectivity index (χ1) is 13.8. The van der Waals surface area contributed by atoms with Crippen LogP contribution in [0.15, 0.2) is 129 Å². The molecule has 4 aromatic rings. The van der Waals surface area contributed by atoms with Crippen LogP contribution in [0, 0.1) is 0 Å². The molecule has 5 rings (SSSR count). The van der Waals surface area contributed by atoms with Crippen LogP contribution in [-0.4, -0.2) is 5.78 Å². The Balaban J connectivity index is 0.000000137. The highest BCUT2D eigenvalue weighted by Gasteiger charge is 2.14. The third-order valence-electron chi connectivity index (χ3n) is 4.21. The molecule has 0 amide bonds. The molecule has 1 aliphatic rings. The fourth-order valence-corrected chi connectivity index (χ4v) is 5.06. The lowest BCUT2D eigenvalue weighted by atomic mass is 10.0. The van der Waals surface area contributed by atoms with Crippen molar-refractivity contribution in [2.75, 3.05) is 0 Å². The van der Waals surface area contributed by atoms with Gasteiger partial charge in [0.25, 0.3) is 0 Å². The Morgan fingerprint density at radius 3 is 1.04 bits per heavy atom. The summed E-state index contributed by atoms with van der Waals surface area (Å²) in [6.07, 6.45) is 0. The van der Waals surface area contributed by atoms with Crippen LogP contribution in [0.25, 0.3) is 0 Å². The minimum atomic E-state index is 0.0752. The van der Waals surface area contributed by atoms with Crippen LogP contribution in [0.1, 0.15) is 15.9 Å². The van der Waals surface area contributed by atoms with Gasteiger partial charge in [-0.3, -0.25) is 4.79 Å². The number of rotatable bonds is 2. The molecule has 1 heterocycles. The molecule has 0 unspecified atom stereocenters. The summed E-state index contributed by atoms with van der Waals surface area (Å²) >= 11 is 3.72. The van der Waals surface area contributed by atoms with Gasteiger partial charge in [-0.05, 0) is 24.3 Å². The summed E-state index contributed by atoms with van der Waals surface area (Å²) in [4.78, 5) is 17.3. The largest absolute Gasteiger partial charge is 0.289 e. The molecule has 0 aliphatic carbocycles. The van der Waals surface area contributed by atoms with Gasteiger partial charge in [-0.25, -0.2) is 0 Å². The van der Waals surface area contributed by atoms with E-state index in [1.807, 2.05) is 84.2 Å². The molecule has 0 spiro atoms. The molecular formula is C25H18OS2. The van der Waals surface area contributed by atoms with Crippen molar-refractivity contribution < 1.29 is 4.79 Å². The summed E-state index contributed by atoms with van der Waals surface area (Å²) in [5.41, 5.74) is 1.47. The summed E-state index contributed by atoms with van der Waals surface area (Å²) < 4.78 is 0. The minimum absolute atomic E-state index is 0.0752. The summed E-state index contributed by atoms with van der Waals surface area (Å²) in [5, 5.41) is 0. The summed E-state index contributed by atoms with van der Waals surface area (Å²) in [6, 6.07) is 35.7. The van der Waals surface area contributed by atoms with Crippen molar-refractivity contribution >= 4 is 29.3 Å². The van der Waals surface area contributed by atoms with Gasteiger partial charge in [-0.15, -0.1) is 0 Å². The second-order valence-corrected chi connectivity index (χ2v) is 8.33. The normalized spacial score (nSPS) is 11.4. The Bertz CT molecular complexity index is 947. The van der Waals surface area contributed by atoms with Crippen LogP contribution in [0.4, 0.5) is 0 Å². The first-order valence-electron chi connectivity index (χ1n) is 9.00. The molecule has 28 heavy (non-hydrogen) atoms. The number of carbonyl (C=O) groups excluding carboxylic acids is 1. The number of fused-ring (bicyclic) bond motifs is 2. The number of ketones is 1. The average Bonchev–Trinajstić information content (AvgIpc) is 2.79. The average molecular weight is 399 g/mol. The van der Waals surface area contributed by atoms with Crippen LogP contribution in [-0.2, 0) is 0 Å². The van der Waals surface area contributed by atoms with Crippen LogP contribution in [0.3, 0.4) is 0 Å². The Morgan fingerprint density at radius 2 is 0.714 bits per heavy atom. The van der Waals surface area contributed by atoms with Gasteiger partial charge < -0.3 is 0 Å². The summed E-state index contributed by atoms with van der Waals surface area (Å²) in [5.74, 6) is 0.0752. The van der Waals surface area contributed by atoms with E-state index in [-0.39, 0.29) is 5.78 Å². The first-order valence-corrected chi connectivity index (χ1v) is 10.6. The minimum Gasteiger partial charge on any atom is -0.289 e. The maximum atomic E-state index is 11.8. The molecule has 0 bridgehead atoms. The molecule has 0 radical (unpaired) electrons. The van der Waals surface area contributed by atoms with Gasteiger partial charge in [-0.2, -0.15) is 0 Å². The van der Waals surface area contributed by atoms with Crippen LogP contribution in [0.5, 0.6) is 0 Å². The second-order valence-electron chi connectivity index (χ2n) is 6.16. The van der Waals surface area contributed by atoms with Crippen molar-refractivity contribution in [3.8, 4) is 0 Å². The number of hydrogen-bond donors (Lipinski definition) is 0. The van der Waals surface area contributed by atoms with Crippen molar-refractivity contribution in [3.05, 3.63) is 120 Å². The highest BCUT2D eigenvalue weighted by Crippen LogP contribution is 2.47. The molecule has 0 saturated heterocycles. The van der Waals surface area contributed by atoms with Gasteiger partial charge in [0.2, 0.25) is 0 Å². The van der Waals surface area contributed by atoms with E-state index in [0.717, 1.165) is 11.1 Å². The molecule has 1 nitrogen and oxygen atoms in total. The lowest BCUT2D eigenvalue weighted by Crippen LogP contribution is -1.99. The van der Waals surface area contributed by atoms with Crippen molar-refractivity contribution in [2.45, 2.75) is 19.6 Å². The fourth-order valence-electron chi connectivity index (χ4n) is 2.82. The van der Waals surface area contributed by atoms with Gasteiger partial charge in [-0.1, -0.05) is 108 Å². The second kappa shape index (κ2) is 8.96. The smallest absolute Gasteiger partial charge is 0.193 e. The standard InChI is InChI=1S/C13H10O.C12H8S2/c14-13(11-7-3-1-4-8-11)12-9-5-2-6-10-12;1-2-6-10-9(5-1)13-11-7-3-4-8-12(11)14-10/h1-10H;1-8H. The van der Waals surface area contributed by atoms with E-state index in [1.165, 1.54) is 19.6 Å². The van der Waals surface area contributed by atoms with E-state index in [1.54, 1.807) is 0 Å². The third kappa shape index (κ3) is 4.38. The number of benzene rings is 4.